The number of nitrogens with zero attached hydrogens (tertiary/aromatic N) is 4. The second-order valence-electron chi connectivity index (χ2n) is 17.5. The molecule has 1 aromatic carbocycles. The number of carbonyl (C=O) groups is 6. The van der Waals surface area contributed by atoms with Gasteiger partial charge in [0.05, 0.1) is 24.0 Å². The number of aliphatic hydroxyl groups is 1. The van der Waals surface area contributed by atoms with Crippen molar-refractivity contribution in [1.82, 2.24) is 46.7 Å². The predicted octanol–water partition coefficient (Wildman–Crippen LogP) is 1.63. The Balaban J connectivity index is 1.16. The third-order valence-corrected chi connectivity index (χ3v) is 12.6. The molecule has 0 bridgehead atoms. The standard InChI is InChI=1S/C42H62N10O8/c1-42(2,59)35-23-46-50-52(35)30-21-34(39(56)47-32(36(53)37(43)54)15-9-10-18-44-41(58)60-25-27-13-7-4-8-14-27)51(24-30)40(57)33(19-26-11-5-3-6-12-26)48-38(55)28-16-17-31-29(20-28)22-45-49-31/h4,7-8,13-14,23,26,28-34,45,49,59H,3,5-6,9-12,15-22,24-25H2,1-2H3,(H2,43,54)(H,44,58)(H,47,56)(H,48,55)/t28?,29?,30-,31?,32?,33+,34-/m0/s1. The van der Waals surface area contributed by atoms with Gasteiger partial charge in [-0.05, 0) is 76.2 Å². The number of ketones is 1. The fourth-order valence-electron chi connectivity index (χ4n) is 9.29. The lowest BCUT2D eigenvalue weighted by atomic mass is 9.78. The highest BCUT2D eigenvalue weighted by molar-refractivity contribution is 6.37. The summed E-state index contributed by atoms with van der Waals surface area (Å²) in [5.41, 5.74) is 11.8. The largest absolute Gasteiger partial charge is 0.445 e. The number of carbonyl (C=O) groups excluding carboxylic acids is 6. The molecule has 60 heavy (non-hydrogen) atoms. The van der Waals surface area contributed by atoms with Crippen molar-refractivity contribution >= 4 is 35.5 Å². The van der Waals surface area contributed by atoms with E-state index >= 15 is 0 Å². The number of alkyl carbamates (subject to hydrolysis) is 1. The quantitative estimate of drug-likeness (QED) is 0.0837. The minimum absolute atomic E-state index is 0.0192. The molecule has 5 amide bonds. The zero-order valence-corrected chi connectivity index (χ0v) is 34.8. The molecule has 4 fully saturated rings. The Morgan fingerprint density at radius 2 is 1.72 bits per heavy atom. The van der Waals surface area contributed by atoms with Crippen LogP contribution in [0.2, 0.25) is 0 Å². The van der Waals surface area contributed by atoms with E-state index in [9.17, 15) is 33.9 Å². The van der Waals surface area contributed by atoms with E-state index in [0.29, 0.717) is 49.8 Å². The van der Waals surface area contributed by atoms with Crippen molar-refractivity contribution in [2.24, 2.45) is 23.5 Å². The number of nitrogens with one attached hydrogen (secondary N) is 5. The number of fused-ring (bicyclic) bond motifs is 1. The summed E-state index contributed by atoms with van der Waals surface area (Å²) in [5, 5.41) is 27.7. The SMILES string of the molecule is CC(C)(O)c1cnnn1[C@H]1C[C@@H](C(=O)NC(CCCCNC(=O)OCc2ccccc2)C(=O)C(N)=O)N(C(=O)[C@@H](CC2CCCCC2)NC(=O)C2CCC3NNCC3C2)C1. The molecule has 2 aromatic rings. The second kappa shape index (κ2) is 20.5. The van der Waals surface area contributed by atoms with Crippen molar-refractivity contribution in [1.29, 1.82) is 0 Å². The maximum atomic E-state index is 14.9. The highest BCUT2D eigenvalue weighted by Gasteiger charge is 2.46. The summed E-state index contributed by atoms with van der Waals surface area (Å²) in [4.78, 5) is 82.2. The van der Waals surface area contributed by atoms with E-state index < -0.39 is 59.4 Å². The van der Waals surface area contributed by atoms with Crippen LogP contribution in [0.25, 0.3) is 0 Å². The fraction of sp³-hybridized carbons (Fsp3) is 0.667. The minimum Gasteiger partial charge on any atom is -0.445 e. The summed E-state index contributed by atoms with van der Waals surface area (Å²) in [6.45, 7) is 4.31. The van der Waals surface area contributed by atoms with Crippen LogP contribution < -0.4 is 32.5 Å². The number of primary amides is 1. The molecule has 0 radical (unpaired) electrons. The summed E-state index contributed by atoms with van der Waals surface area (Å²) in [7, 11) is 0. The van der Waals surface area contributed by atoms with Gasteiger partial charge >= 0.3 is 6.09 Å². The molecule has 2 saturated heterocycles. The average Bonchev–Trinajstić information content (AvgIpc) is 4.02. The molecule has 2 aliphatic heterocycles. The molecule has 328 valence electrons. The number of amides is 5. The third kappa shape index (κ3) is 11.7. The van der Waals surface area contributed by atoms with Gasteiger partial charge in [-0.25, -0.2) is 9.48 Å². The van der Waals surface area contributed by atoms with E-state index in [1.807, 2.05) is 30.3 Å². The van der Waals surface area contributed by atoms with E-state index in [1.165, 1.54) is 15.8 Å². The summed E-state index contributed by atoms with van der Waals surface area (Å²) < 4.78 is 6.77. The molecule has 4 unspecified atom stereocenters. The van der Waals surface area contributed by atoms with Crippen LogP contribution in [0.4, 0.5) is 4.79 Å². The second-order valence-corrected chi connectivity index (χ2v) is 17.5. The Hall–Kier alpha value is -4.94. The number of Topliss-reactive ketones (excluding diaryl/α,β-unsaturated/α-hetero) is 1. The van der Waals surface area contributed by atoms with Crippen LogP contribution >= 0.6 is 0 Å². The monoisotopic (exact) mass is 834 g/mol. The minimum atomic E-state index is -1.34. The number of hydrogen-bond acceptors (Lipinski definition) is 12. The van der Waals surface area contributed by atoms with Gasteiger partial charge in [0.2, 0.25) is 23.5 Å². The highest BCUT2D eigenvalue weighted by atomic mass is 16.5. The van der Waals surface area contributed by atoms with Crippen molar-refractivity contribution in [2.45, 2.75) is 140 Å². The van der Waals surface area contributed by atoms with E-state index in [1.54, 1.807) is 13.8 Å². The first kappa shape index (κ1) is 44.6. The van der Waals surface area contributed by atoms with Crippen molar-refractivity contribution in [3.8, 4) is 0 Å². The van der Waals surface area contributed by atoms with Crippen LogP contribution in [0, 0.1) is 17.8 Å². The molecule has 3 heterocycles. The highest BCUT2D eigenvalue weighted by Crippen LogP contribution is 2.35. The number of unbranched alkanes of at least 4 members (excludes halogenated alkanes) is 1. The Labute approximate surface area is 350 Å². The molecular formula is C42H62N10O8. The number of hydrazine groups is 1. The van der Waals surface area contributed by atoms with Crippen molar-refractivity contribution in [3.63, 3.8) is 0 Å². The van der Waals surface area contributed by atoms with Gasteiger partial charge in [0, 0.05) is 38.0 Å². The lowest BCUT2D eigenvalue weighted by Gasteiger charge is -2.34. The van der Waals surface area contributed by atoms with Crippen LogP contribution in [0.15, 0.2) is 36.5 Å². The van der Waals surface area contributed by atoms with Gasteiger partial charge in [-0.3, -0.25) is 34.8 Å². The summed E-state index contributed by atoms with van der Waals surface area (Å²) >= 11 is 0. The Bertz CT molecular complexity index is 1810. The van der Waals surface area contributed by atoms with Gasteiger partial charge < -0.3 is 36.4 Å². The van der Waals surface area contributed by atoms with Gasteiger partial charge in [-0.2, -0.15) is 0 Å². The average molecular weight is 835 g/mol. The topological polar surface area (TPSA) is 252 Å². The number of rotatable bonds is 18. The first-order valence-corrected chi connectivity index (χ1v) is 21.6. The molecule has 18 heteroatoms. The lowest BCUT2D eigenvalue weighted by Crippen LogP contribution is -2.57. The van der Waals surface area contributed by atoms with Crippen LogP contribution in [0.5, 0.6) is 0 Å². The maximum absolute atomic E-state index is 14.9. The van der Waals surface area contributed by atoms with Crippen molar-refractivity contribution in [2.75, 3.05) is 19.6 Å². The van der Waals surface area contributed by atoms with E-state index in [2.05, 4.69) is 37.1 Å². The van der Waals surface area contributed by atoms with Crippen molar-refractivity contribution < 1.29 is 38.6 Å². The fourth-order valence-corrected chi connectivity index (χ4v) is 9.29. The maximum Gasteiger partial charge on any atom is 0.407 e. The van der Waals surface area contributed by atoms with E-state index in [4.69, 9.17) is 10.5 Å². The zero-order chi connectivity index (χ0) is 42.8. The number of nitrogens with two attached hydrogens (primary N) is 1. The molecule has 1 aromatic heterocycles. The molecule has 2 aliphatic carbocycles. The Kier molecular flexibility index (Phi) is 15.3. The number of likely N-dealkylation sites (tertiary alicyclic amines) is 1. The summed E-state index contributed by atoms with van der Waals surface area (Å²) in [5.74, 6) is -3.17. The van der Waals surface area contributed by atoms with Crippen molar-refractivity contribution in [3.05, 3.63) is 47.8 Å². The predicted molar refractivity (Wildman–Crippen MR) is 218 cm³/mol. The molecule has 4 aliphatic rings. The summed E-state index contributed by atoms with van der Waals surface area (Å²) in [6, 6.07) is 5.65. The van der Waals surface area contributed by atoms with E-state index in [-0.39, 0.29) is 50.3 Å². The van der Waals surface area contributed by atoms with Gasteiger partial charge in [0.15, 0.2) is 0 Å². The number of benzene rings is 1. The number of ether oxygens (including phenoxy) is 1. The van der Waals surface area contributed by atoms with Crippen LogP contribution in [-0.4, -0.2) is 104 Å². The first-order valence-electron chi connectivity index (χ1n) is 21.6. The van der Waals surface area contributed by atoms with Gasteiger partial charge in [-0.15, -0.1) is 5.10 Å². The molecule has 2 saturated carbocycles. The van der Waals surface area contributed by atoms with Crippen LogP contribution in [0.1, 0.15) is 115 Å². The molecule has 6 rings (SSSR count). The number of hydrogen-bond donors (Lipinski definition) is 7. The first-order chi connectivity index (χ1) is 28.8. The molecular weight excluding hydrogens is 773 g/mol. The normalized spacial score (nSPS) is 24.2. The van der Waals surface area contributed by atoms with Gasteiger partial charge in [0.1, 0.15) is 24.3 Å². The lowest BCUT2D eigenvalue weighted by molar-refractivity contribution is -0.143. The zero-order valence-electron chi connectivity index (χ0n) is 34.8. The number of aromatic nitrogens is 3. The van der Waals surface area contributed by atoms with Crippen LogP contribution in [0.3, 0.4) is 0 Å². The molecule has 0 spiro atoms. The summed E-state index contributed by atoms with van der Waals surface area (Å²) in [6.07, 6.45) is 9.41. The third-order valence-electron chi connectivity index (χ3n) is 12.6. The smallest absolute Gasteiger partial charge is 0.407 e. The molecule has 7 atom stereocenters. The van der Waals surface area contributed by atoms with Crippen LogP contribution in [-0.2, 0) is 40.9 Å². The Morgan fingerprint density at radius 3 is 2.45 bits per heavy atom. The Morgan fingerprint density at radius 1 is 0.967 bits per heavy atom. The molecule has 8 N–H and O–H groups in total. The van der Waals surface area contributed by atoms with Gasteiger partial charge in [-0.1, -0.05) is 67.6 Å². The molecule has 18 nitrogen and oxygen atoms in total. The van der Waals surface area contributed by atoms with Gasteiger partial charge in [0.25, 0.3) is 5.91 Å². The van der Waals surface area contributed by atoms with E-state index in [0.717, 1.165) is 50.6 Å².